The number of benzene rings is 1. The van der Waals surface area contributed by atoms with Gasteiger partial charge in [0.1, 0.15) is 11.6 Å². The molecule has 0 N–H and O–H groups in total. The summed E-state index contributed by atoms with van der Waals surface area (Å²) in [6.45, 7) is 2.56. The molecule has 0 saturated heterocycles. The van der Waals surface area contributed by atoms with Gasteiger partial charge in [-0.3, -0.25) is 0 Å². The number of aromatic nitrogens is 1. The highest BCUT2D eigenvalue weighted by Crippen LogP contribution is 2.21. The van der Waals surface area contributed by atoms with Crippen LogP contribution in [0.5, 0.6) is 5.75 Å². The van der Waals surface area contributed by atoms with Gasteiger partial charge in [0.25, 0.3) is 0 Å². The molecule has 20 heavy (non-hydrogen) atoms. The van der Waals surface area contributed by atoms with Crippen LogP contribution in [0, 0.1) is 18.3 Å². The van der Waals surface area contributed by atoms with Gasteiger partial charge in [0.15, 0.2) is 0 Å². The Morgan fingerprint density at radius 1 is 1.30 bits per heavy atom. The maximum atomic E-state index is 9.02. The molecule has 2 rings (SSSR count). The number of hydrogen-bond acceptors (Lipinski definition) is 4. The lowest BCUT2D eigenvalue weighted by atomic mass is 10.2. The van der Waals surface area contributed by atoms with Gasteiger partial charge in [-0.2, -0.15) is 5.26 Å². The lowest BCUT2D eigenvalue weighted by Crippen LogP contribution is -2.18. The molecular formula is C16H17N3O. The van der Waals surface area contributed by atoms with Crippen molar-refractivity contribution in [2.24, 2.45) is 0 Å². The van der Waals surface area contributed by atoms with Gasteiger partial charge in [-0.15, -0.1) is 0 Å². The minimum Gasteiger partial charge on any atom is -0.496 e. The summed E-state index contributed by atoms with van der Waals surface area (Å²) < 4.78 is 5.35. The zero-order chi connectivity index (χ0) is 14.5. The van der Waals surface area contributed by atoms with Gasteiger partial charge in [0, 0.05) is 24.8 Å². The molecule has 0 atom stereocenters. The quantitative estimate of drug-likeness (QED) is 0.854. The SMILES string of the molecule is COc1ccccc1CN(C)c1cc(C#N)cc(C)n1. The van der Waals surface area contributed by atoms with Gasteiger partial charge in [-0.05, 0) is 25.1 Å². The topological polar surface area (TPSA) is 49.1 Å². The first kappa shape index (κ1) is 13.9. The van der Waals surface area contributed by atoms with E-state index in [0.717, 1.165) is 22.8 Å². The molecule has 0 unspecified atom stereocenters. The largest absolute Gasteiger partial charge is 0.496 e. The zero-order valence-electron chi connectivity index (χ0n) is 11.9. The summed E-state index contributed by atoms with van der Waals surface area (Å²) in [6.07, 6.45) is 0. The van der Waals surface area contributed by atoms with E-state index in [1.807, 2.05) is 43.1 Å². The molecule has 0 saturated carbocycles. The molecule has 0 bridgehead atoms. The van der Waals surface area contributed by atoms with Crippen molar-refractivity contribution in [2.45, 2.75) is 13.5 Å². The van der Waals surface area contributed by atoms with Gasteiger partial charge < -0.3 is 9.64 Å². The summed E-state index contributed by atoms with van der Waals surface area (Å²) in [5, 5.41) is 9.02. The first-order valence-corrected chi connectivity index (χ1v) is 6.36. The Hall–Kier alpha value is -2.54. The van der Waals surface area contributed by atoms with E-state index in [2.05, 4.69) is 11.1 Å². The van der Waals surface area contributed by atoms with Crippen molar-refractivity contribution in [3.05, 3.63) is 53.2 Å². The number of anilines is 1. The Morgan fingerprint density at radius 2 is 2.05 bits per heavy atom. The molecule has 0 spiro atoms. The molecular weight excluding hydrogens is 250 g/mol. The number of para-hydroxylation sites is 1. The van der Waals surface area contributed by atoms with Crippen LogP contribution in [-0.2, 0) is 6.54 Å². The first-order chi connectivity index (χ1) is 9.63. The standard InChI is InChI=1S/C16H17N3O/c1-12-8-13(10-17)9-16(18-12)19(2)11-14-6-4-5-7-15(14)20-3/h4-9H,11H2,1-3H3. The van der Waals surface area contributed by atoms with E-state index in [-0.39, 0.29) is 0 Å². The molecule has 4 nitrogen and oxygen atoms in total. The van der Waals surface area contributed by atoms with E-state index in [9.17, 15) is 0 Å². The van der Waals surface area contributed by atoms with E-state index in [1.54, 1.807) is 19.2 Å². The van der Waals surface area contributed by atoms with Gasteiger partial charge >= 0.3 is 0 Å². The van der Waals surface area contributed by atoms with Crippen molar-refractivity contribution in [3.8, 4) is 11.8 Å². The average Bonchev–Trinajstić information content (AvgIpc) is 2.47. The van der Waals surface area contributed by atoms with E-state index in [0.29, 0.717) is 12.1 Å². The van der Waals surface area contributed by atoms with Crippen LogP contribution in [0.15, 0.2) is 36.4 Å². The second kappa shape index (κ2) is 6.07. The van der Waals surface area contributed by atoms with Crippen LogP contribution in [0.25, 0.3) is 0 Å². The highest BCUT2D eigenvalue weighted by Gasteiger charge is 2.09. The van der Waals surface area contributed by atoms with Crippen molar-refractivity contribution < 1.29 is 4.74 Å². The summed E-state index contributed by atoms with van der Waals surface area (Å²) in [5.74, 6) is 1.64. The zero-order valence-corrected chi connectivity index (χ0v) is 11.9. The van der Waals surface area contributed by atoms with Crippen LogP contribution in [0.1, 0.15) is 16.8 Å². The second-order valence-electron chi connectivity index (χ2n) is 4.64. The van der Waals surface area contributed by atoms with E-state index in [4.69, 9.17) is 10.00 Å². The maximum absolute atomic E-state index is 9.02. The summed E-state index contributed by atoms with van der Waals surface area (Å²) in [4.78, 5) is 6.47. The summed E-state index contributed by atoms with van der Waals surface area (Å²) >= 11 is 0. The number of nitrogens with zero attached hydrogens (tertiary/aromatic N) is 3. The molecule has 102 valence electrons. The van der Waals surface area contributed by atoms with E-state index < -0.39 is 0 Å². The normalized spacial score (nSPS) is 9.90. The minimum atomic E-state index is 0.624. The molecule has 0 radical (unpaired) electrons. The maximum Gasteiger partial charge on any atom is 0.130 e. The van der Waals surface area contributed by atoms with E-state index >= 15 is 0 Å². The molecule has 2 aromatic rings. The Morgan fingerprint density at radius 3 is 2.75 bits per heavy atom. The number of nitriles is 1. The van der Waals surface area contributed by atoms with Gasteiger partial charge in [0.2, 0.25) is 0 Å². The number of aryl methyl sites for hydroxylation is 1. The van der Waals surface area contributed by atoms with Crippen LogP contribution in [0.3, 0.4) is 0 Å². The van der Waals surface area contributed by atoms with Crippen molar-refractivity contribution in [3.63, 3.8) is 0 Å². The van der Waals surface area contributed by atoms with Crippen LogP contribution < -0.4 is 9.64 Å². The molecule has 0 amide bonds. The van der Waals surface area contributed by atoms with Gasteiger partial charge in [-0.1, -0.05) is 18.2 Å². The lowest BCUT2D eigenvalue weighted by Gasteiger charge is -2.20. The summed E-state index contributed by atoms with van der Waals surface area (Å²) in [6, 6.07) is 13.6. The van der Waals surface area contributed by atoms with Crippen molar-refractivity contribution in [1.29, 1.82) is 5.26 Å². The Labute approximate surface area is 119 Å². The van der Waals surface area contributed by atoms with Gasteiger partial charge in [-0.25, -0.2) is 4.98 Å². The fourth-order valence-corrected chi connectivity index (χ4v) is 2.08. The molecule has 1 heterocycles. The lowest BCUT2D eigenvalue weighted by molar-refractivity contribution is 0.409. The third-order valence-electron chi connectivity index (χ3n) is 3.06. The molecule has 1 aromatic heterocycles. The van der Waals surface area contributed by atoms with E-state index in [1.165, 1.54) is 0 Å². The molecule has 0 aliphatic rings. The number of methoxy groups -OCH3 is 1. The number of ether oxygens (including phenoxy) is 1. The second-order valence-corrected chi connectivity index (χ2v) is 4.64. The van der Waals surface area contributed by atoms with Crippen LogP contribution in [0.4, 0.5) is 5.82 Å². The van der Waals surface area contributed by atoms with Crippen molar-refractivity contribution in [1.82, 2.24) is 4.98 Å². The number of rotatable bonds is 4. The van der Waals surface area contributed by atoms with Crippen molar-refractivity contribution >= 4 is 5.82 Å². The molecule has 0 aliphatic heterocycles. The number of hydrogen-bond donors (Lipinski definition) is 0. The van der Waals surface area contributed by atoms with Crippen molar-refractivity contribution in [2.75, 3.05) is 19.1 Å². The monoisotopic (exact) mass is 267 g/mol. The predicted molar refractivity (Wildman–Crippen MR) is 78.8 cm³/mol. The first-order valence-electron chi connectivity index (χ1n) is 6.36. The Balaban J connectivity index is 2.26. The fraction of sp³-hybridized carbons (Fsp3) is 0.250. The molecule has 0 aliphatic carbocycles. The highest BCUT2D eigenvalue weighted by molar-refractivity contribution is 5.47. The Bertz CT molecular complexity index is 646. The smallest absolute Gasteiger partial charge is 0.130 e. The summed E-state index contributed by atoms with van der Waals surface area (Å²) in [5.41, 5.74) is 2.55. The summed E-state index contributed by atoms with van der Waals surface area (Å²) in [7, 11) is 3.62. The third kappa shape index (κ3) is 3.07. The molecule has 4 heteroatoms. The van der Waals surface area contributed by atoms with Crippen LogP contribution >= 0.6 is 0 Å². The molecule has 0 fully saturated rings. The highest BCUT2D eigenvalue weighted by atomic mass is 16.5. The van der Waals surface area contributed by atoms with Gasteiger partial charge in [0.05, 0.1) is 18.7 Å². The van der Waals surface area contributed by atoms with Crippen LogP contribution in [-0.4, -0.2) is 19.1 Å². The Kier molecular flexibility index (Phi) is 4.21. The third-order valence-corrected chi connectivity index (χ3v) is 3.06. The average molecular weight is 267 g/mol. The minimum absolute atomic E-state index is 0.624. The number of pyridine rings is 1. The predicted octanol–water partition coefficient (Wildman–Crippen LogP) is 2.91. The fourth-order valence-electron chi connectivity index (χ4n) is 2.08. The molecule has 1 aromatic carbocycles. The van der Waals surface area contributed by atoms with Crippen LogP contribution in [0.2, 0.25) is 0 Å².